The van der Waals surface area contributed by atoms with Gasteiger partial charge in [-0.15, -0.1) is 0 Å². The minimum absolute atomic E-state index is 0.0299. The van der Waals surface area contributed by atoms with E-state index >= 15 is 0 Å². The highest BCUT2D eigenvalue weighted by Gasteiger charge is 2.21. The Morgan fingerprint density at radius 1 is 1.40 bits per heavy atom. The summed E-state index contributed by atoms with van der Waals surface area (Å²) >= 11 is 0. The highest BCUT2D eigenvalue weighted by Crippen LogP contribution is 2.26. The summed E-state index contributed by atoms with van der Waals surface area (Å²) < 4.78 is 10.8. The Hall–Kier alpha value is -1.10. The molecule has 1 aliphatic rings. The molecule has 4 nitrogen and oxygen atoms in total. The van der Waals surface area contributed by atoms with E-state index in [-0.39, 0.29) is 6.04 Å². The fourth-order valence-electron chi connectivity index (χ4n) is 2.83. The van der Waals surface area contributed by atoms with Crippen molar-refractivity contribution in [2.45, 2.75) is 31.8 Å². The molecule has 1 atom stereocenters. The SMILES string of the molecule is COc1ccc(C)cc1C(N)CN(C)C1CCOCC1. The second kappa shape index (κ2) is 7.07. The Balaban J connectivity index is 2.03. The quantitative estimate of drug-likeness (QED) is 0.896. The van der Waals surface area contributed by atoms with E-state index in [9.17, 15) is 0 Å². The third-order valence-corrected chi connectivity index (χ3v) is 4.08. The molecule has 20 heavy (non-hydrogen) atoms. The first-order valence-corrected chi connectivity index (χ1v) is 7.30. The van der Waals surface area contributed by atoms with Crippen LogP contribution in [0.15, 0.2) is 18.2 Å². The summed E-state index contributed by atoms with van der Waals surface area (Å²) in [5, 5.41) is 0. The molecule has 0 radical (unpaired) electrons. The molecule has 1 aromatic rings. The van der Waals surface area contributed by atoms with E-state index in [4.69, 9.17) is 15.2 Å². The first kappa shape index (κ1) is 15.3. The number of nitrogens with zero attached hydrogens (tertiary/aromatic N) is 1. The summed E-state index contributed by atoms with van der Waals surface area (Å²) in [4.78, 5) is 2.36. The number of likely N-dealkylation sites (N-methyl/N-ethyl adjacent to an activating group) is 1. The van der Waals surface area contributed by atoms with Gasteiger partial charge in [0.15, 0.2) is 0 Å². The van der Waals surface area contributed by atoms with Crippen molar-refractivity contribution in [2.24, 2.45) is 5.73 Å². The third-order valence-electron chi connectivity index (χ3n) is 4.08. The zero-order valence-electron chi connectivity index (χ0n) is 12.8. The van der Waals surface area contributed by atoms with Crippen LogP contribution in [-0.2, 0) is 4.74 Å². The molecule has 0 amide bonds. The zero-order valence-corrected chi connectivity index (χ0v) is 12.8. The van der Waals surface area contributed by atoms with Crippen molar-refractivity contribution in [2.75, 3.05) is 33.9 Å². The van der Waals surface area contributed by atoms with Gasteiger partial charge in [0.1, 0.15) is 5.75 Å². The molecule has 2 N–H and O–H groups in total. The minimum atomic E-state index is -0.0299. The van der Waals surface area contributed by atoms with Crippen LogP contribution >= 0.6 is 0 Å². The minimum Gasteiger partial charge on any atom is -0.496 e. The predicted molar refractivity (Wildman–Crippen MR) is 81.1 cm³/mol. The van der Waals surface area contributed by atoms with Gasteiger partial charge in [0.25, 0.3) is 0 Å². The van der Waals surface area contributed by atoms with Crippen LogP contribution in [0.25, 0.3) is 0 Å². The summed E-state index contributed by atoms with van der Waals surface area (Å²) in [7, 11) is 3.85. The monoisotopic (exact) mass is 278 g/mol. The Kier molecular flexibility index (Phi) is 5.40. The summed E-state index contributed by atoms with van der Waals surface area (Å²) in [5.41, 5.74) is 8.70. The van der Waals surface area contributed by atoms with Gasteiger partial charge in [-0.3, -0.25) is 0 Å². The van der Waals surface area contributed by atoms with Crippen molar-refractivity contribution >= 4 is 0 Å². The summed E-state index contributed by atoms with van der Waals surface area (Å²) in [6.07, 6.45) is 2.18. The maximum atomic E-state index is 6.39. The molecule has 0 saturated carbocycles. The number of nitrogens with two attached hydrogens (primary N) is 1. The number of rotatable bonds is 5. The molecule has 0 aliphatic carbocycles. The van der Waals surface area contributed by atoms with Crippen LogP contribution in [0.5, 0.6) is 5.75 Å². The van der Waals surface area contributed by atoms with E-state index in [2.05, 4.69) is 31.0 Å². The number of hydrogen-bond acceptors (Lipinski definition) is 4. The topological polar surface area (TPSA) is 47.7 Å². The fourth-order valence-corrected chi connectivity index (χ4v) is 2.83. The average Bonchev–Trinajstić information content (AvgIpc) is 2.48. The smallest absolute Gasteiger partial charge is 0.123 e. The summed E-state index contributed by atoms with van der Waals surface area (Å²) in [6, 6.07) is 6.72. The van der Waals surface area contributed by atoms with Gasteiger partial charge in [0, 0.05) is 37.4 Å². The van der Waals surface area contributed by atoms with E-state index in [1.54, 1.807) is 7.11 Å². The molecule has 1 heterocycles. The lowest BCUT2D eigenvalue weighted by Crippen LogP contribution is -2.40. The molecule has 0 bridgehead atoms. The first-order valence-electron chi connectivity index (χ1n) is 7.30. The van der Waals surface area contributed by atoms with Crippen molar-refractivity contribution in [1.29, 1.82) is 0 Å². The van der Waals surface area contributed by atoms with Crippen LogP contribution in [0.2, 0.25) is 0 Å². The van der Waals surface area contributed by atoms with Crippen molar-refractivity contribution in [3.63, 3.8) is 0 Å². The number of aryl methyl sites for hydroxylation is 1. The molecule has 1 unspecified atom stereocenters. The molecule has 1 fully saturated rings. The Labute approximate surface area is 121 Å². The van der Waals surface area contributed by atoms with Gasteiger partial charge in [-0.05, 0) is 32.9 Å². The van der Waals surface area contributed by atoms with Crippen molar-refractivity contribution in [3.8, 4) is 5.75 Å². The van der Waals surface area contributed by atoms with Gasteiger partial charge in [-0.25, -0.2) is 0 Å². The zero-order chi connectivity index (χ0) is 14.5. The van der Waals surface area contributed by atoms with Crippen molar-refractivity contribution in [3.05, 3.63) is 29.3 Å². The van der Waals surface area contributed by atoms with Crippen LogP contribution in [0, 0.1) is 6.92 Å². The van der Waals surface area contributed by atoms with E-state index < -0.39 is 0 Å². The Bertz CT molecular complexity index is 430. The number of methoxy groups -OCH3 is 1. The molecular formula is C16H26N2O2. The van der Waals surface area contributed by atoms with Gasteiger partial charge in [0.2, 0.25) is 0 Å². The standard InChI is InChI=1S/C16H26N2O2/c1-12-4-5-16(19-3)14(10-12)15(17)11-18(2)13-6-8-20-9-7-13/h4-5,10,13,15H,6-9,11,17H2,1-3H3. The second-order valence-electron chi connectivity index (χ2n) is 5.64. The van der Waals surface area contributed by atoms with E-state index in [0.717, 1.165) is 43.9 Å². The maximum absolute atomic E-state index is 6.39. The van der Waals surface area contributed by atoms with Crippen LogP contribution in [-0.4, -0.2) is 44.9 Å². The lowest BCUT2D eigenvalue weighted by atomic mass is 10.0. The molecule has 2 rings (SSSR count). The lowest BCUT2D eigenvalue weighted by molar-refractivity contribution is 0.0413. The number of hydrogen-bond donors (Lipinski definition) is 1. The lowest BCUT2D eigenvalue weighted by Gasteiger charge is -2.33. The van der Waals surface area contributed by atoms with Gasteiger partial charge >= 0.3 is 0 Å². The molecule has 1 aromatic carbocycles. The van der Waals surface area contributed by atoms with Crippen LogP contribution in [0.4, 0.5) is 0 Å². The van der Waals surface area contributed by atoms with Crippen LogP contribution < -0.4 is 10.5 Å². The second-order valence-corrected chi connectivity index (χ2v) is 5.64. The molecule has 112 valence electrons. The summed E-state index contributed by atoms with van der Waals surface area (Å²) in [6.45, 7) is 4.64. The molecule has 0 spiro atoms. The predicted octanol–water partition coefficient (Wildman–Crippen LogP) is 2.11. The van der Waals surface area contributed by atoms with Gasteiger partial charge in [-0.2, -0.15) is 0 Å². The van der Waals surface area contributed by atoms with E-state index in [1.807, 2.05) is 6.07 Å². The van der Waals surface area contributed by atoms with Gasteiger partial charge in [-0.1, -0.05) is 17.7 Å². The van der Waals surface area contributed by atoms with Crippen LogP contribution in [0.3, 0.4) is 0 Å². The maximum Gasteiger partial charge on any atom is 0.123 e. The summed E-state index contributed by atoms with van der Waals surface area (Å²) in [5.74, 6) is 0.878. The van der Waals surface area contributed by atoms with E-state index in [0.29, 0.717) is 6.04 Å². The largest absolute Gasteiger partial charge is 0.496 e. The highest BCUT2D eigenvalue weighted by molar-refractivity contribution is 5.39. The molecular weight excluding hydrogens is 252 g/mol. The fraction of sp³-hybridized carbons (Fsp3) is 0.625. The third kappa shape index (κ3) is 3.72. The number of ether oxygens (including phenoxy) is 2. The molecule has 4 heteroatoms. The number of benzene rings is 1. The Morgan fingerprint density at radius 3 is 2.75 bits per heavy atom. The first-order chi connectivity index (χ1) is 9.61. The molecule has 0 aromatic heterocycles. The van der Waals surface area contributed by atoms with Crippen molar-refractivity contribution < 1.29 is 9.47 Å². The molecule has 1 aliphatic heterocycles. The van der Waals surface area contributed by atoms with Gasteiger partial charge < -0.3 is 20.1 Å². The van der Waals surface area contributed by atoms with Crippen molar-refractivity contribution in [1.82, 2.24) is 4.90 Å². The Morgan fingerprint density at radius 2 is 2.10 bits per heavy atom. The van der Waals surface area contributed by atoms with Crippen LogP contribution in [0.1, 0.15) is 30.0 Å². The molecule has 1 saturated heterocycles. The average molecular weight is 278 g/mol. The van der Waals surface area contributed by atoms with E-state index in [1.165, 1.54) is 5.56 Å². The van der Waals surface area contributed by atoms with Gasteiger partial charge in [0.05, 0.1) is 7.11 Å². The highest BCUT2D eigenvalue weighted by atomic mass is 16.5. The normalized spacial score (nSPS) is 18.2.